The Morgan fingerprint density at radius 2 is 0.692 bits per heavy atom. The van der Waals surface area contributed by atoms with Crippen LogP contribution in [-0.2, 0) is 21.7 Å². The van der Waals surface area contributed by atoms with Crippen LogP contribution in [0.25, 0.3) is 0 Å². The minimum Gasteiger partial charge on any atom is -0.184 e. The van der Waals surface area contributed by atoms with Crippen molar-refractivity contribution in [3.8, 4) is 0 Å². The van der Waals surface area contributed by atoms with Crippen LogP contribution < -0.4 is 0 Å². The van der Waals surface area contributed by atoms with E-state index in [9.17, 15) is 0 Å². The molecule has 0 nitrogen and oxygen atoms in total. The van der Waals surface area contributed by atoms with Crippen molar-refractivity contribution in [2.24, 2.45) is 0 Å². The van der Waals surface area contributed by atoms with Crippen LogP contribution in [0.3, 0.4) is 0 Å². The summed E-state index contributed by atoms with van der Waals surface area (Å²) in [4.78, 5) is 0. The van der Waals surface area contributed by atoms with Crippen LogP contribution >= 0.6 is 0 Å². The predicted octanol–water partition coefficient (Wildman–Crippen LogP) is 6.25. The van der Waals surface area contributed by atoms with Gasteiger partial charge in [0.1, 0.15) is 0 Å². The zero-order valence-electron chi connectivity index (χ0n) is 15.0. The molecule has 0 bridgehead atoms. The van der Waals surface area contributed by atoms with E-state index in [2.05, 4.69) is 31.2 Å². The molecular formula is C25H22Ti. The molecule has 126 valence electrons. The first kappa shape index (κ1) is 23.6. The second kappa shape index (κ2) is 18.9. The van der Waals surface area contributed by atoms with Gasteiger partial charge in [-0.1, -0.05) is 6.92 Å². The van der Waals surface area contributed by atoms with Gasteiger partial charge in [0.15, 0.2) is 0 Å². The maximum atomic E-state index is 2.93. The number of hydrogen-bond acceptors (Lipinski definition) is 0. The summed E-state index contributed by atoms with van der Waals surface area (Å²) in [5, 5.41) is 0. The van der Waals surface area contributed by atoms with Crippen LogP contribution in [0, 0.1) is 31.2 Å². The van der Waals surface area contributed by atoms with Gasteiger partial charge in [-0.15, -0.1) is 0 Å². The standard InChI is InChI=1S/C7H7.3C6H5.Ti/c1-7-5-3-2-4-6-7;3*1-2-4-6-5-3-1;/h3-6H,1H3;3*1-5H;/q4*-1;+4. The predicted molar refractivity (Wildman–Crippen MR) is 106 cm³/mol. The van der Waals surface area contributed by atoms with E-state index < -0.39 is 0 Å². The smallest absolute Gasteiger partial charge is 0.184 e. The molecule has 0 amide bonds. The summed E-state index contributed by atoms with van der Waals surface area (Å²) in [5.74, 6) is 0. The third-order valence-electron chi connectivity index (χ3n) is 2.71. The van der Waals surface area contributed by atoms with Gasteiger partial charge in [-0.2, -0.15) is 145 Å². The normalized spacial score (nSPS) is 7.88. The summed E-state index contributed by atoms with van der Waals surface area (Å²) in [7, 11) is 0. The van der Waals surface area contributed by atoms with Crippen molar-refractivity contribution in [3.05, 3.63) is 145 Å². The van der Waals surface area contributed by atoms with E-state index in [-0.39, 0.29) is 21.7 Å². The summed E-state index contributed by atoms with van der Waals surface area (Å²) in [6.45, 7) is 2.06. The van der Waals surface area contributed by atoms with E-state index in [1.807, 2.05) is 115 Å². The van der Waals surface area contributed by atoms with Gasteiger partial charge in [-0.3, -0.25) is 0 Å². The van der Waals surface area contributed by atoms with E-state index in [4.69, 9.17) is 0 Å². The van der Waals surface area contributed by atoms with Crippen molar-refractivity contribution in [2.45, 2.75) is 6.92 Å². The van der Waals surface area contributed by atoms with Gasteiger partial charge in [0.2, 0.25) is 0 Å². The molecule has 0 heterocycles. The van der Waals surface area contributed by atoms with Gasteiger partial charge >= 0.3 is 21.7 Å². The molecule has 0 unspecified atom stereocenters. The second-order valence-corrected chi connectivity index (χ2v) is 4.81. The molecule has 0 aromatic heterocycles. The molecule has 0 atom stereocenters. The molecule has 0 aliphatic heterocycles. The molecule has 1 heteroatoms. The van der Waals surface area contributed by atoms with Crippen molar-refractivity contribution in [3.63, 3.8) is 0 Å². The molecule has 0 aliphatic carbocycles. The van der Waals surface area contributed by atoms with E-state index >= 15 is 0 Å². The third kappa shape index (κ3) is 16.5. The van der Waals surface area contributed by atoms with Gasteiger partial charge in [-0.05, 0) is 0 Å². The minimum atomic E-state index is 0. The fourth-order valence-corrected chi connectivity index (χ4v) is 1.50. The zero-order valence-corrected chi connectivity index (χ0v) is 16.5. The van der Waals surface area contributed by atoms with Crippen molar-refractivity contribution in [2.75, 3.05) is 0 Å². The molecule has 4 rings (SSSR count). The van der Waals surface area contributed by atoms with Crippen LogP contribution in [0.4, 0.5) is 0 Å². The fraction of sp³-hybridized carbons (Fsp3) is 0.0400. The Labute approximate surface area is 173 Å². The van der Waals surface area contributed by atoms with Crippen molar-refractivity contribution in [1.29, 1.82) is 0 Å². The average molecular weight is 370 g/mol. The molecular weight excluding hydrogens is 348 g/mol. The van der Waals surface area contributed by atoms with Crippen LogP contribution in [-0.4, -0.2) is 0 Å². The van der Waals surface area contributed by atoms with E-state index in [1.54, 1.807) is 0 Å². The Balaban J connectivity index is 0.000000317. The average Bonchev–Trinajstić information content (AvgIpc) is 2.74. The number of rotatable bonds is 0. The van der Waals surface area contributed by atoms with E-state index in [0.29, 0.717) is 0 Å². The molecule has 4 aromatic carbocycles. The maximum Gasteiger partial charge on any atom is 4.00 e. The maximum absolute atomic E-state index is 2.93. The van der Waals surface area contributed by atoms with Crippen LogP contribution in [0.1, 0.15) is 5.56 Å². The minimum absolute atomic E-state index is 0. The number of aryl methyl sites for hydroxylation is 1. The second-order valence-electron chi connectivity index (χ2n) is 4.81. The summed E-state index contributed by atoms with van der Waals surface area (Å²) in [6, 6.07) is 48.3. The summed E-state index contributed by atoms with van der Waals surface area (Å²) in [5.41, 5.74) is 1.29. The summed E-state index contributed by atoms with van der Waals surface area (Å²) in [6.07, 6.45) is 0. The van der Waals surface area contributed by atoms with Gasteiger partial charge in [0.25, 0.3) is 0 Å². The molecule has 0 aliphatic rings. The largest absolute Gasteiger partial charge is 4.00 e. The quantitative estimate of drug-likeness (QED) is 0.253. The number of benzene rings is 4. The van der Waals surface area contributed by atoms with E-state index in [1.165, 1.54) is 5.56 Å². The van der Waals surface area contributed by atoms with Crippen LogP contribution in [0.15, 0.2) is 115 Å². The van der Waals surface area contributed by atoms with Crippen LogP contribution in [0.5, 0.6) is 0 Å². The van der Waals surface area contributed by atoms with E-state index in [0.717, 1.165) is 0 Å². The van der Waals surface area contributed by atoms with Crippen molar-refractivity contribution in [1.82, 2.24) is 0 Å². The van der Waals surface area contributed by atoms with Gasteiger partial charge in [-0.25, -0.2) is 0 Å². The van der Waals surface area contributed by atoms with Crippen molar-refractivity contribution >= 4 is 0 Å². The first-order valence-corrected chi connectivity index (χ1v) is 8.05. The van der Waals surface area contributed by atoms with Gasteiger partial charge in [0, 0.05) is 0 Å². The molecule has 26 heavy (non-hydrogen) atoms. The topological polar surface area (TPSA) is 0 Å². The number of hydrogen-bond donors (Lipinski definition) is 0. The molecule has 0 saturated carbocycles. The van der Waals surface area contributed by atoms with Gasteiger partial charge < -0.3 is 0 Å². The Morgan fingerprint density at radius 3 is 0.808 bits per heavy atom. The Kier molecular flexibility index (Phi) is 17.2. The van der Waals surface area contributed by atoms with Crippen molar-refractivity contribution < 1.29 is 21.7 Å². The Morgan fingerprint density at radius 1 is 0.423 bits per heavy atom. The molecule has 0 fully saturated rings. The molecule has 0 saturated heterocycles. The Bertz CT molecular complexity index is 541. The molecule has 0 spiro atoms. The first-order valence-electron chi connectivity index (χ1n) is 8.05. The van der Waals surface area contributed by atoms with Crippen LogP contribution in [0.2, 0.25) is 0 Å². The molecule has 0 N–H and O–H groups in total. The molecule has 0 radical (unpaired) electrons. The first-order chi connectivity index (χ1) is 12.4. The molecule has 4 aromatic rings. The monoisotopic (exact) mass is 370 g/mol. The summed E-state index contributed by atoms with van der Waals surface area (Å²) < 4.78 is 0. The SMILES string of the molecule is Cc1cc[c-]cc1.[Ti+4].[c-]1ccccc1.[c-]1ccccc1.[c-]1ccccc1. The third-order valence-corrected chi connectivity index (χ3v) is 2.71. The van der Waals surface area contributed by atoms with Gasteiger partial charge in [0.05, 0.1) is 0 Å². The fourth-order valence-electron chi connectivity index (χ4n) is 1.50. The Hall–Kier alpha value is -2.41. The summed E-state index contributed by atoms with van der Waals surface area (Å²) >= 11 is 0. The zero-order chi connectivity index (χ0) is 17.8.